The fraction of sp³-hybridized carbons (Fsp3) is 0.364. The minimum Gasteiger partial charge on any atom is -0.486 e. The van der Waals surface area contributed by atoms with Crippen LogP contribution in [0.15, 0.2) is 46.3 Å². The molecule has 3 aromatic rings. The summed E-state index contributed by atoms with van der Waals surface area (Å²) in [4.78, 5) is 19.1. The van der Waals surface area contributed by atoms with Crippen molar-refractivity contribution in [2.24, 2.45) is 4.99 Å². The number of carbonyl (C=O) groups excluding carboxylic acids is 1. The fourth-order valence-corrected chi connectivity index (χ4v) is 5.39. The van der Waals surface area contributed by atoms with Crippen molar-refractivity contribution in [1.82, 2.24) is 4.57 Å². The predicted molar refractivity (Wildman–Crippen MR) is 126 cm³/mol. The Morgan fingerprint density at radius 2 is 1.90 bits per heavy atom. The van der Waals surface area contributed by atoms with E-state index in [1.54, 1.807) is 23.5 Å². The Bertz CT molecular complexity index is 1100. The van der Waals surface area contributed by atoms with E-state index in [4.69, 9.17) is 9.47 Å². The molecular weight excluding hydrogens is 436 g/mol. The smallest absolute Gasteiger partial charge is 0.252 e. The highest BCUT2D eigenvalue weighted by atomic mass is 32.2. The third kappa shape index (κ3) is 4.87. The van der Waals surface area contributed by atoms with Gasteiger partial charge in [-0.25, -0.2) is 0 Å². The maximum absolute atomic E-state index is 12.7. The molecule has 0 spiro atoms. The minimum atomic E-state index is -0.132. The van der Waals surface area contributed by atoms with Gasteiger partial charge in [0.1, 0.15) is 13.2 Å². The van der Waals surface area contributed by atoms with Gasteiger partial charge >= 0.3 is 0 Å². The summed E-state index contributed by atoms with van der Waals surface area (Å²) >= 11 is 5.09. The molecule has 1 aliphatic heterocycles. The van der Waals surface area contributed by atoms with Crippen LogP contribution in [-0.2, 0) is 17.8 Å². The van der Waals surface area contributed by atoms with E-state index in [0.717, 1.165) is 50.1 Å². The van der Waals surface area contributed by atoms with Gasteiger partial charge in [0.25, 0.3) is 5.91 Å². The molecule has 2 aromatic carbocycles. The van der Waals surface area contributed by atoms with Gasteiger partial charge in [0.05, 0.1) is 16.6 Å². The van der Waals surface area contributed by atoms with E-state index in [1.807, 2.05) is 24.3 Å². The highest BCUT2D eigenvalue weighted by Gasteiger charge is 2.17. The zero-order valence-electron chi connectivity index (χ0n) is 17.1. The number of nitrogens with zero attached hydrogens (tertiary/aromatic N) is 2. The Kier molecular flexibility index (Phi) is 7.07. The topological polar surface area (TPSA) is 52.8 Å². The number of amides is 1. The van der Waals surface area contributed by atoms with Crippen molar-refractivity contribution >= 4 is 51.0 Å². The van der Waals surface area contributed by atoms with Crippen LogP contribution in [0.1, 0.15) is 12.5 Å². The lowest BCUT2D eigenvalue weighted by atomic mass is 10.1. The summed E-state index contributed by atoms with van der Waals surface area (Å²) in [7, 11) is 0. The number of aryl methyl sites for hydroxylation is 1. The quantitative estimate of drug-likeness (QED) is 0.482. The van der Waals surface area contributed by atoms with Gasteiger partial charge < -0.3 is 14.0 Å². The number of fused-ring (bicyclic) bond motifs is 2. The van der Waals surface area contributed by atoms with Crippen molar-refractivity contribution in [2.45, 2.75) is 24.8 Å². The average molecular weight is 461 g/mol. The molecule has 0 unspecified atom stereocenters. The van der Waals surface area contributed by atoms with Crippen LogP contribution >= 0.6 is 34.9 Å². The Balaban J connectivity index is 1.65. The van der Waals surface area contributed by atoms with Crippen LogP contribution in [0.2, 0.25) is 0 Å². The first-order chi connectivity index (χ1) is 14.7. The molecule has 0 atom stereocenters. The minimum absolute atomic E-state index is 0.132. The number of benzene rings is 2. The van der Waals surface area contributed by atoms with E-state index in [0.29, 0.717) is 19.6 Å². The molecule has 0 fully saturated rings. The first-order valence-corrected chi connectivity index (χ1v) is 13.1. The first-order valence-electron chi connectivity index (χ1n) is 9.89. The second-order valence-corrected chi connectivity index (χ2v) is 10.1. The highest BCUT2D eigenvalue weighted by molar-refractivity contribution is 7.99. The lowest BCUT2D eigenvalue weighted by Gasteiger charge is -2.18. The maximum Gasteiger partial charge on any atom is 0.252 e. The van der Waals surface area contributed by atoms with Crippen molar-refractivity contribution < 1.29 is 14.3 Å². The van der Waals surface area contributed by atoms with Gasteiger partial charge in [-0.15, -0.1) is 11.8 Å². The molecule has 8 heteroatoms. The average Bonchev–Trinajstić information content (AvgIpc) is 3.07. The standard InChI is InChI=1S/C22H24N2O3S3/c1-3-29-16-6-4-15(5-7-16)12-21(25)23-22-24(8-11-28-2)17-13-18-19(14-20(17)30-22)27-10-9-26-18/h4-7,13-14H,3,8-12H2,1-2H3. The van der Waals surface area contributed by atoms with Crippen LogP contribution in [0.5, 0.6) is 11.5 Å². The Morgan fingerprint density at radius 3 is 2.60 bits per heavy atom. The molecule has 4 rings (SSSR count). The summed E-state index contributed by atoms with van der Waals surface area (Å²) in [6.07, 6.45) is 2.38. The van der Waals surface area contributed by atoms with Gasteiger partial charge in [-0.05, 0) is 29.7 Å². The van der Waals surface area contributed by atoms with Crippen molar-refractivity contribution in [3.05, 3.63) is 46.8 Å². The molecule has 0 radical (unpaired) electrons. The largest absolute Gasteiger partial charge is 0.486 e. The van der Waals surface area contributed by atoms with E-state index >= 15 is 0 Å². The van der Waals surface area contributed by atoms with Gasteiger partial charge in [-0.3, -0.25) is 4.79 Å². The number of carbonyl (C=O) groups is 1. The van der Waals surface area contributed by atoms with Crippen molar-refractivity contribution in [3.63, 3.8) is 0 Å². The van der Waals surface area contributed by atoms with Gasteiger partial charge in [0, 0.05) is 29.3 Å². The molecule has 1 amide bonds. The van der Waals surface area contributed by atoms with Crippen LogP contribution in [-0.4, -0.2) is 41.4 Å². The summed E-state index contributed by atoms with van der Waals surface area (Å²) < 4.78 is 14.6. The molecule has 1 aromatic heterocycles. The first kappa shape index (κ1) is 21.3. The Labute approximate surface area is 188 Å². The highest BCUT2D eigenvalue weighted by Crippen LogP contribution is 2.35. The van der Waals surface area contributed by atoms with E-state index in [1.165, 1.54) is 16.2 Å². The van der Waals surface area contributed by atoms with Crippen LogP contribution in [0, 0.1) is 0 Å². The van der Waals surface area contributed by atoms with Crippen LogP contribution < -0.4 is 14.3 Å². The van der Waals surface area contributed by atoms with Crippen molar-refractivity contribution in [3.8, 4) is 11.5 Å². The van der Waals surface area contributed by atoms with Gasteiger partial charge in [-0.2, -0.15) is 16.8 Å². The summed E-state index contributed by atoms with van der Waals surface area (Å²) in [5.41, 5.74) is 2.02. The van der Waals surface area contributed by atoms with Crippen molar-refractivity contribution in [1.29, 1.82) is 0 Å². The number of thioether (sulfide) groups is 2. The molecule has 158 valence electrons. The summed E-state index contributed by atoms with van der Waals surface area (Å²) in [5.74, 6) is 3.36. The summed E-state index contributed by atoms with van der Waals surface area (Å²) in [6, 6.07) is 12.2. The van der Waals surface area contributed by atoms with Crippen LogP contribution in [0.4, 0.5) is 0 Å². The number of ether oxygens (including phenoxy) is 2. The van der Waals surface area contributed by atoms with E-state index in [9.17, 15) is 4.79 Å². The molecule has 30 heavy (non-hydrogen) atoms. The number of hydrogen-bond donors (Lipinski definition) is 0. The third-order valence-corrected chi connectivity index (χ3v) is 7.20. The number of thiazole rings is 1. The molecule has 2 heterocycles. The van der Waals surface area contributed by atoms with E-state index in [-0.39, 0.29) is 5.91 Å². The number of rotatable bonds is 7. The lowest BCUT2D eigenvalue weighted by Crippen LogP contribution is -2.19. The molecule has 0 saturated heterocycles. The van der Waals surface area contributed by atoms with Crippen LogP contribution in [0.3, 0.4) is 0 Å². The number of aromatic nitrogens is 1. The normalized spacial score (nSPS) is 13.7. The third-order valence-electron chi connectivity index (χ3n) is 4.68. The molecule has 1 aliphatic rings. The van der Waals surface area contributed by atoms with E-state index < -0.39 is 0 Å². The second-order valence-electron chi connectivity index (χ2n) is 6.75. The maximum atomic E-state index is 12.7. The molecule has 5 nitrogen and oxygen atoms in total. The molecule has 0 N–H and O–H groups in total. The second kappa shape index (κ2) is 9.94. The van der Waals surface area contributed by atoms with Gasteiger partial charge in [0.15, 0.2) is 16.3 Å². The van der Waals surface area contributed by atoms with E-state index in [2.05, 4.69) is 34.9 Å². The summed E-state index contributed by atoms with van der Waals surface area (Å²) in [6.45, 7) is 4.03. The van der Waals surface area contributed by atoms with Gasteiger partial charge in [-0.1, -0.05) is 30.4 Å². The Hall–Kier alpha value is -1.90. The Morgan fingerprint density at radius 1 is 1.17 bits per heavy atom. The number of hydrogen-bond acceptors (Lipinski definition) is 6. The zero-order chi connectivity index (χ0) is 20.9. The lowest BCUT2D eigenvalue weighted by molar-refractivity contribution is -0.117. The molecule has 0 bridgehead atoms. The molecular formula is C22H24N2O3S3. The molecule has 0 saturated carbocycles. The zero-order valence-corrected chi connectivity index (χ0v) is 19.5. The molecule has 0 aliphatic carbocycles. The SMILES string of the molecule is CCSc1ccc(CC(=O)N=c2sc3cc4c(cc3n2CCSC)OCCO4)cc1. The monoisotopic (exact) mass is 460 g/mol. The summed E-state index contributed by atoms with van der Waals surface area (Å²) in [5, 5.41) is 0. The van der Waals surface area contributed by atoms with Crippen LogP contribution in [0.25, 0.3) is 10.2 Å². The van der Waals surface area contributed by atoms with Crippen molar-refractivity contribution in [2.75, 3.05) is 31.0 Å². The van der Waals surface area contributed by atoms with Gasteiger partial charge in [0.2, 0.25) is 0 Å². The predicted octanol–water partition coefficient (Wildman–Crippen LogP) is 4.62. The fourth-order valence-electron chi connectivity index (χ4n) is 3.28.